The highest BCUT2D eigenvalue weighted by Crippen LogP contribution is 2.39. The van der Waals surface area contributed by atoms with Gasteiger partial charge in [-0.1, -0.05) is 78.0 Å². The number of rotatable bonds is 14. The molecule has 2 aromatic carbocycles. The van der Waals surface area contributed by atoms with Gasteiger partial charge in [-0.15, -0.1) is 0 Å². The lowest BCUT2D eigenvalue weighted by Gasteiger charge is -2.37. The zero-order valence-electron chi connectivity index (χ0n) is 27.5. The molecule has 2 N–H and O–H groups in total. The number of hydrogen-bond acceptors (Lipinski definition) is 4. The Bertz CT molecular complexity index is 1190. The van der Waals surface area contributed by atoms with Gasteiger partial charge in [0.1, 0.15) is 0 Å². The SMILES string of the molecule is CC(=CCCC(=O)O)c1cccc(NCCc2ccc(CO[Si](C)(C)C(C)(C)C)c(CO[Si](C)(C)C(C)(C)C)c2)c1. The maximum absolute atomic E-state index is 10.8. The molecule has 7 heteroatoms. The Morgan fingerprint density at radius 1 is 0.878 bits per heavy atom. The van der Waals surface area contributed by atoms with Crippen LogP contribution in [-0.4, -0.2) is 34.3 Å². The summed E-state index contributed by atoms with van der Waals surface area (Å²) in [6.45, 7) is 27.0. The minimum absolute atomic E-state index is 0.152. The molecule has 0 aliphatic heterocycles. The molecular weight excluding hydrogens is 543 g/mol. The van der Waals surface area contributed by atoms with Crippen molar-refractivity contribution in [3.05, 3.63) is 70.8 Å². The molecule has 0 saturated carbocycles. The molecule has 2 rings (SSSR count). The van der Waals surface area contributed by atoms with E-state index >= 15 is 0 Å². The molecule has 0 aromatic heterocycles. The first-order valence-corrected chi connectivity index (χ1v) is 20.8. The zero-order valence-corrected chi connectivity index (χ0v) is 29.5. The highest BCUT2D eigenvalue weighted by Gasteiger charge is 2.38. The van der Waals surface area contributed by atoms with E-state index in [1.165, 1.54) is 16.7 Å². The Labute approximate surface area is 252 Å². The van der Waals surface area contributed by atoms with Gasteiger partial charge in [-0.05, 0) is 96.0 Å². The number of anilines is 1. The number of aliphatic carboxylic acids is 1. The summed E-state index contributed by atoms with van der Waals surface area (Å²) in [6, 6.07) is 15.1. The lowest BCUT2D eigenvalue weighted by Crippen LogP contribution is -2.41. The van der Waals surface area contributed by atoms with Gasteiger partial charge in [0, 0.05) is 18.7 Å². The molecule has 41 heavy (non-hydrogen) atoms. The van der Waals surface area contributed by atoms with Gasteiger partial charge in [-0.25, -0.2) is 0 Å². The van der Waals surface area contributed by atoms with Gasteiger partial charge in [0.15, 0.2) is 16.6 Å². The van der Waals surface area contributed by atoms with E-state index in [4.69, 9.17) is 14.0 Å². The van der Waals surface area contributed by atoms with Gasteiger partial charge < -0.3 is 19.3 Å². The normalized spacial score (nSPS) is 13.4. The number of carbonyl (C=O) groups is 1. The first kappa shape index (κ1) is 35.0. The van der Waals surface area contributed by atoms with Crippen LogP contribution in [-0.2, 0) is 33.3 Å². The third kappa shape index (κ3) is 10.9. The quantitative estimate of drug-likeness (QED) is 0.212. The maximum Gasteiger partial charge on any atom is 0.303 e. The molecule has 0 bridgehead atoms. The van der Waals surface area contributed by atoms with E-state index in [-0.39, 0.29) is 16.5 Å². The molecule has 5 nitrogen and oxygen atoms in total. The largest absolute Gasteiger partial charge is 0.481 e. The van der Waals surface area contributed by atoms with Crippen LogP contribution in [0.1, 0.15) is 83.6 Å². The molecule has 0 aliphatic rings. The predicted octanol–water partition coefficient (Wildman–Crippen LogP) is 9.65. The topological polar surface area (TPSA) is 67.8 Å². The predicted molar refractivity (Wildman–Crippen MR) is 180 cm³/mol. The van der Waals surface area contributed by atoms with Crippen molar-refractivity contribution in [1.82, 2.24) is 0 Å². The Hall–Kier alpha value is -2.20. The number of allylic oxidation sites excluding steroid dienone is 2. The summed E-state index contributed by atoms with van der Waals surface area (Å²) in [5.74, 6) is -0.768. The summed E-state index contributed by atoms with van der Waals surface area (Å²) in [5, 5.41) is 12.8. The molecule has 0 radical (unpaired) electrons. The van der Waals surface area contributed by atoms with Gasteiger partial charge in [0.2, 0.25) is 0 Å². The molecule has 0 amide bonds. The lowest BCUT2D eigenvalue weighted by molar-refractivity contribution is -0.136. The number of hydrogen-bond donors (Lipinski definition) is 2. The van der Waals surface area contributed by atoms with Crippen molar-refractivity contribution in [2.24, 2.45) is 0 Å². The molecule has 2 aromatic rings. The fourth-order valence-corrected chi connectivity index (χ4v) is 5.71. The molecule has 0 unspecified atom stereocenters. The van der Waals surface area contributed by atoms with E-state index in [9.17, 15) is 4.79 Å². The molecule has 0 fully saturated rings. The van der Waals surface area contributed by atoms with Crippen LogP contribution in [0.25, 0.3) is 5.57 Å². The van der Waals surface area contributed by atoms with Crippen LogP contribution in [0, 0.1) is 0 Å². The summed E-state index contributed by atoms with van der Waals surface area (Å²) in [7, 11) is -3.76. The zero-order chi connectivity index (χ0) is 31.1. The lowest BCUT2D eigenvalue weighted by atomic mass is 10.0. The van der Waals surface area contributed by atoms with Crippen LogP contribution < -0.4 is 5.32 Å². The Kier molecular flexibility index (Phi) is 12.2. The van der Waals surface area contributed by atoms with Crippen LogP contribution in [0.2, 0.25) is 36.3 Å². The van der Waals surface area contributed by atoms with E-state index in [1.807, 2.05) is 19.1 Å². The van der Waals surface area contributed by atoms with E-state index in [0.29, 0.717) is 19.6 Å². The van der Waals surface area contributed by atoms with Crippen LogP contribution in [0.15, 0.2) is 48.5 Å². The van der Waals surface area contributed by atoms with Gasteiger partial charge in [-0.2, -0.15) is 0 Å². The van der Waals surface area contributed by atoms with E-state index in [1.54, 1.807) is 0 Å². The maximum atomic E-state index is 10.8. The molecule has 228 valence electrons. The standard InChI is InChI=1S/C34H55NO4Si2/c1-26(14-12-17-32(36)37)28-15-13-16-31(23-28)35-21-20-27-18-19-29(24-38-40(8,9)33(2,3)4)30(22-27)25-39-41(10,11)34(5,6)7/h13-16,18-19,22-23,35H,12,17,20-21,24-25H2,1-11H3,(H,36,37). The van der Waals surface area contributed by atoms with Crippen molar-refractivity contribution >= 4 is 33.9 Å². The summed E-state index contributed by atoms with van der Waals surface area (Å²) >= 11 is 0. The Morgan fingerprint density at radius 3 is 2.02 bits per heavy atom. The monoisotopic (exact) mass is 597 g/mol. The van der Waals surface area contributed by atoms with Crippen molar-refractivity contribution in [2.45, 2.75) is 117 Å². The van der Waals surface area contributed by atoms with E-state index in [2.05, 4.69) is 109 Å². The van der Waals surface area contributed by atoms with E-state index in [0.717, 1.165) is 29.8 Å². The molecule has 0 aliphatic carbocycles. The second-order valence-corrected chi connectivity index (χ2v) is 23.9. The van der Waals surface area contributed by atoms with E-state index < -0.39 is 22.6 Å². The highest BCUT2D eigenvalue weighted by molar-refractivity contribution is 6.74. The minimum Gasteiger partial charge on any atom is -0.481 e. The second-order valence-electron chi connectivity index (χ2n) is 14.3. The number of nitrogens with one attached hydrogen (secondary N) is 1. The fourth-order valence-electron chi connectivity index (χ4n) is 3.81. The fraction of sp³-hybridized carbons (Fsp3) is 0.559. The molecular formula is C34H55NO4Si2. The average molecular weight is 598 g/mol. The van der Waals surface area contributed by atoms with Crippen LogP contribution >= 0.6 is 0 Å². The van der Waals surface area contributed by atoms with Crippen molar-refractivity contribution in [3.8, 4) is 0 Å². The summed E-state index contributed by atoms with van der Waals surface area (Å²) in [4.78, 5) is 10.8. The molecule has 0 saturated heterocycles. The second kappa shape index (κ2) is 14.3. The molecule has 0 spiro atoms. The van der Waals surface area contributed by atoms with Gasteiger partial charge in [0.25, 0.3) is 0 Å². The van der Waals surface area contributed by atoms with Gasteiger partial charge >= 0.3 is 5.97 Å². The Balaban J connectivity index is 2.15. The highest BCUT2D eigenvalue weighted by atomic mass is 28.4. The Morgan fingerprint density at radius 2 is 1.46 bits per heavy atom. The number of carboxylic acid groups (broad SMARTS) is 1. The average Bonchev–Trinajstić information content (AvgIpc) is 2.85. The van der Waals surface area contributed by atoms with Crippen LogP contribution in [0.3, 0.4) is 0 Å². The van der Waals surface area contributed by atoms with Gasteiger partial charge in [0.05, 0.1) is 13.2 Å². The third-order valence-electron chi connectivity index (χ3n) is 8.93. The van der Waals surface area contributed by atoms with Crippen LogP contribution in [0.5, 0.6) is 0 Å². The van der Waals surface area contributed by atoms with Crippen molar-refractivity contribution in [1.29, 1.82) is 0 Å². The summed E-state index contributed by atoms with van der Waals surface area (Å²) in [6.07, 6.45) is 3.59. The first-order valence-electron chi connectivity index (χ1n) is 14.9. The first-order chi connectivity index (χ1) is 18.8. The van der Waals surface area contributed by atoms with Crippen molar-refractivity contribution < 1.29 is 18.8 Å². The van der Waals surface area contributed by atoms with Crippen LogP contribution in [0.4, 0.5) is 5.69 Å². The summed E-state index contributed by atoms with van der Waals surface area (Å²) < 4.78 is 13.3. The van der Waals surface area contributed by atoms with Crippen molar-refractivity contribution in [2.75, 3.05) is 11.9 Å². The van der Waals surface area contributed by atoms with Gasteiger partial charge in [-0.3, -0.25) is 4.79 Å². The molecule has 0 heterocycles. The number of benzene rings is 2. The summed E-state index contributed by atoms with van der Waals surface area (Å²) in [5.41, 5.74) is 7.00. The minimum atomic E-state index is -1.89. The smallest absolute Gasteiger partial charge is 0.303 e. The third-order valence-corrected chi connectivity index (χ3v) is 17.9. The van der Waals surface area contributed by atoms with Crippen molar-refractivity contribution in [3.63, 3.8) is 0 Å². The number of carboxylic acids is 1. The molecule has 0 atom stereocenters.